The third-order valence-electron chi connectivity index (χ3n) is 7.27. The topological polar surface area (TPSA) is 64.6 Å². The van der Waals surface area contributed by atoms with E-state index < -0.39 is 0 Å². The molecular weight excluding hydrogens is 400 g/mol. The van der Waals surface area contributed by atoms with Crippen molar-refractivity contribution >= 4 is 17.7 Å². The van der Waals surface area contributed by atoms with E-state index in [2.05, 4.69) is 44.9 Å². The van der Waals surface area contributed by atoms with E-state index in [1.165, 1.54) is 38.5 Å². The molecule has 3 fully saturated rings. The number of rotatable bonds is 6. The van der Waals surface area contributed by atoms with Gasteiger partial charge >= 0.3 is 0 Å². The van der Waals surface area contributed by atoms with Crippen LogP contribution < -0.4 is 10.2 Å². The molecule has 178 valence electrons. The van der Waals surface area contributed by atoms with Gasteiger partial charge in [-0.3, -0.25) is 9.69 Å². The summed E-state index contributed by atoms with van der Waals surface area (Å²) in [5.41, 5.74) is 0. The average molecular weight is 443 g/mol. The average Bonchev–Trinajstić information content (AvgIpc) is 3.09. The highest BCUT2D eigenvalue weighted by atomic mass is 16.2. The molecule has 0 spiro atoms. The quantitative estimate of drug-likeness (QED) is 0.724. The first kappa shape index (κ1) is 23.3. The van der Waals surface area contributed by atoms with Crippen LogP contribution in [0.1, 0.15) is 71.6 Å². The number of nitrogens with one attached hydrogen (secondary N) is 1. The van der Waals surface area contributed by atoms with E-state index in [4.69, 9.17) is 4.98 Å². The van der Waals surface area contributed by atoms with Crippen LogP contribution in [0.15, 0.2) is 12.3 Å². The molecule has 0 radical (unpaired) electrons. The molecule has 7 nitrogen and oxygen atoms in total. The van der Waals surface area contributed by atoms with Crippen molar-refractivity contribution in [2.45, 2.75) is 83.7 Å². The fourth-order valence-corrected chi connectivity index (χ4v) is 5.49. The second-order valence-corrected chi connectivity index (χ2v) is 10.3. The van der Waals surface area contributed by atoms with Crippen LogP contribution in [0.4, 0.5) is 11.8 Å². The number of piperidine rings is 2. The molecule has 1 aromatic rings. The molecule has 4 rings (SSSR count). The minimum Gasteiger partial charge on any atom is -0.356 e. The highest BCUT2D eigenvalue weighted by Gasteiger charge is 2.30. The molecule has 1 atom stereocenters. The summed E-state index contributed by atoms with van der Waals surface area (Å²) >= 11 is 0. The van der Waals surface area contributed by atoms with Crippen molar-refractivity contribution in [3.63, 3.8) is 0 Å². The largest absolute Gasteiger partial charge is 0.356 e. The highest BCUT2D eigenvalue weighted by Crippen LogP contribution is 2.24. The molecule has 7 heteroatoms. The summed E-state index contributed by atoms with van der Waals surface area (Å²) in [6.45, 7) is 10.5. The number of hydrogen-bond donors (Lipinski definition) is 1. The SMILES string of the molecule is CC(C)CC(=O)N1CCC(N2CCCC(Nc3nccc(N4CCCCCC4)n3)C2)CC1. The Balaban J connectivity index is 1.28. The van der Waals surface area contributed by atoms with Gasteiger partial charge in [-0.1, -0.05) is 26.7 Å². The lowest BCUT2D eigenvalue weighted by atomic mass is 9.97. The summed E-state index contributed by atoms with van der Waals surface area (Å²) in [6.07, 6.45) is 12.3. The Hall–Kier alpha value is -1.89. The van der Waals surface area contributed by atoms with Crippen molar-refractivity contribution in [3.8, 4) is 0 Å². The van der Waals surface area contributed by atoms with Crippen LogP contribution in [0.25, 0.3) is 0 Å². The summed E-state index contributed by atoms with van der Waals surface area (Å²) < 4.78 is 0. The molecule has 3 aliphatic rings. The van der Waals surface area contributed by atoms with E-state index >= 15 is 0 Å². The molecule has 1 unspecified atom stereocenters. The van der Waals surface area contributed by atoms with E-state index in [0.29, 0.717) is 30.3 Å². The number of anilines is 2. The number of amides is 1. The van der Waals surface area contributed by atoms with Crippen molar-refractivity contribution in [1.82, 2.24) is 19.8 Å². The number of aromatic nitrogens is 2. The van der Waals surface area contributed by atoms with Gasteiger partial charge in [-0.15, -0.1) is 0 Å². The third kappa shape index (κ3) is 6.33. The molecule has 0 bridgehead atoms. The number of carbonyl (C=O) groups excluding carboxylic acids is 1. The lowest BCUT2D eigenvalue weighted by Crippen LogP contribution is -2.52. The Morgan fingerprint density at radius 2 is 1.78 bits per heavy atom. The monoisotopic (exact) mass is 442 g/mol. The van der Waals surface area contributed by atoms with E-state index in [1.807, 2.05) is 6.20 Å². The van der Waals surface area contributed by atoms with Crippen LogP contribution in [-0.2, 0) is 4.79 Å². The minimum atomic E-state index is 0.332. The Bertz CT molecular complexity index is 725. The molecule has 3 saturated heterocycles. The first-order valence-electron chi connectivity index (χ1n) is 12.9. The zero-order valence-corrected chi connectivity index (χ0v) is 20.1. The molecule has 0 aliphatic carbocycles. The molecule has 4 heterocycles. The first-order chi connectivity index (χ1) is 15.6. The van der Waals surface area contributed by atoms with Crippen molar-refractivity contribution < 1.29 is 4.79 Å². The van der Waals surface area contributed by atoms with Gasteiger partial charge in [0, 0.05) is 57.4 Å². The van der Waals surface area contributed by atoms with Gasteiger partial charge in [0.1, 0.15) is 5.82 Å². The minimum absolute atomic E-state index is 0.332. The fourth-order valence-electron chi connectivity index (χ4n) is 5.49. The molecule has 1 N–H and O–H groups in total. The standard InChI is InChI=1S/C25H42N6O/c1-20(2)18-24(32)30-16-10-22(11-17-30)31-15-7-8-21(19-31)27-25-26-12-9-23(28-25)29-13-5-3-4-6-14-29/h9,12,20-22H,3-8,10-11,13-19H2,1-2H3,(H,26,27,28). The zero-order chi connectivity index (χ0) is 22.3. The molecular formula is C25H42N6O. The Morgan fingerprint density at radius 1 is 1.03 bits per heavy atom. The zero-order valence-electron chi connectivity index (χ0n) is 20.1. The molecule has 32 heavy (non-hydrogen) atoms. The molecule has 0 aromatic carbocycles. The third-order valence-corrected chi connectivity index (χ3v) is 7.27. The van der Waals surface area contributed by atoms with Crippen LogP contribution in [0.2, 0.25) is 0 Å². The highest BCUT2D eigenvalue weighted by molar-refractivity contribution is 5.76. The Morgan fingerprint density at radius 3 is 2.50 bits per heavy atom. The van der Waals surface area contributed by atoms with E-state index in [0.717, 1.165) is 63.9 Å². The second-order valence-electron chi connectivity index (χ2n) is 10.3. The normalized spacial score (nSPS) is 23.9. The predicted molar refractivity (Wildman–Crippen MR) is 130 cm³/mol. The van der Waals surface area contributed by atoms with Crippen LogP contribution in [-0.4, -0.2) is 77.0 Å². The Labute approximate surface area is 194 Å². The maximum atomic E-state index is 12.4. The van der Waals surface area contributed by atoms with Gasteiger partial charge in [0.2, 0.25) is 11.9 Å². The molecule has 0 saturated carbocycles. The van der Waals surface area contributed by atoms with Gasteiger partial charge < -0.3 is 15.1 Å². The van der Waals surface area contributed by atoms with Crippen LogP contribution in [0.5, 0.6) is 0 Å². The van der Waals surface area contributed by atoms with E-state index in [1.54, 1.807) is 0 Å². The molecule has 1 amide bonds. The maximum absolute atomic E-state index is 12.4. The molecule has 3 aliphatic heterocycles. The van der Waals surface area contributed by atoms with Crippen LogP contribution >= 0.6 is 0 Å². The van der Waals surface area contributed by atoms with Crippen molar-refractivity contribution in [1.29, 1.82) is 0 Å². The van der Waals surface area contributed by atoms with E-state index in [9.17, 15) is 4.79 Å². The number of hydrogen-bond acceptors (Lipinski definition) is 6. The summed E-state index contributed by atoms with van der Waals surface area (Å²) in [5.74, 6) is 2.61. The second kappa shape index (κ2) is 11.3. The van der Waals surface area contributed by atoms with Crippen molar-refractivity contribution in [3.05, 3.63) is 12.3 Å². The lowest BCUT2D eigenvalue weighted by molar-refractivity contribution is -0.133. The molecule has 1 aromatic heterocycles. The summed E-state index contributed by atoms with van der Waals surface area (Å²) in [6, 6.07) is 3.04. The van der Waals surface area contributed by atoms with Crippen LogP contribution in [0.3, 0.4) is 0 Å². The van der Waals surface area contributed by atoms with Gasteiger partial charge in [0.25, 0.3) is 0 Å². The van der Waals surface area contributed by atoms with E-state index in [-0.39, 0.29) is 0 Å². The first-order valence-corrected chi connectivity index (χ1v) is 12.9. The van der Waals surface area contributed by atoms with Gasteiger partial charge in [0.05, 0.1) is 0 Å². The van der Waals surface area contributed by atoms with Gasteiger partial charge in [0.15, 0.2) is 0 Å². The van der Waals surface area contributed by atoms with Gasteiger partial charge in [-0.05, 0) is 57.1 Å². The Kier molecular flexibility index (Phi) is 8.22. The van der Waals surface area contributed by atoms with Crippen molar-refractivity contribution in [2.75, 3.05) is 49.5 Å². The van der Waals surface area contributed by atoms with Crippen molar-refractivity contribution in [2.24, 2.45) is 5.92 Å². The number of nitrogens with zero attached hydrogens (tertiary/aromatic N) is 5. The van der Waals surface area contributed by atoms with Gasteiger partial charge in [-0.2, -0.15) is 4.98 Å². The smallest absolute Gasteiger partial charge is 0.224 e. The summed E-state index contributed by atoms with van der Waals surface area (Å²) in [4.78, 5) is 28.9. The number of carbonyl (C=O) groups is 1. The predicted octanol–water partition coefficient (Wildman–Crippen LogP) is 3.77. The van der Waals surface area contributed by atoms with Crippen LogP contribution in [0, 0.1) is 5.92 Å². The lowest BCUT2D eigenvalue weighted by Gasteiger charge is -2.42. The summed E-state index contributed by atoms with van der Waals surface area (Å²) in [5, 5.41) is 3.64. The maximum Gasteiger partial charge on any atom is 0.224 e. The fraction of sp³-hybridized carbons (Fsp3) is 0.800. The summed E-state index contributed by atoms with van der Waals surface area (Å²) in [7, 11) is 0. The van der Waals surface area contributed by atoms with Gasteiger partial charge in [-0.25, -0.2) is 4.98 Å². The number of likely N-dealkylation sites (tertiary alicyclic amines) is 2.